The summed E-state index contributed by atoms with van der Waals surface area (Å²) < 4.78 is 0. The lowest BCUT2D eigenvalue weighted by Crippen LogP contribution is -2.10. The fourth-order valence-corrected chi connectivity index (χ4v) is 2.15. The minimum atomic E-state index is -0.106. The van der Waals surface area contributed by atoms with Gasteiger partial charge in [-0.1, -0.05) is 41.9 Å². The summed E-state index contributed by atoms with van der Waals surface area (Å²) in [7, 11) is 0. The molecule has 0 saturated heterocycles. The van der Waals surface area contributed by atoms with Crippen molar-refractivity contribution < 1.29 is 0 Å². The maximum atomic E-state index is 8.95. The number of halogens is 1. The molecule has 20 heavy (non-hydrogen) atoms. The maximum absolute atomic E-state index is 8.95. The Balaban J connectivity index is 2.24. The highest BCUT2D eigenvalue weighted by atomic mass is 35.5. The van der Waals surface area contributed by atoms with Gasteiger partial charge in [0.1, 0.15) is 6.07 Å². The third-order valence-corrected chi connectivity index (χ3v) is 3.24. The molecule has 2 aromatic carbocycles. The van der Waals surface area contributed by atoms with Gasteiger partial charge in [-0.15, -0.1) is 0 Å². The quantitative estimate of drug-likeness (QED) is 0.910. The molecule has 0 aliphatic rings. The van der Waals surface area contributed by atoms with Gasteiger partial charge in [-0.25, -0.2) is 0 Å². The average molecular weight is 282 g/mol. The summed E-state index contributed by atoms with van der Waals surface area (Å²) in [6, 6.07) is 19.0. The Bertz CT molecular complexity index is 668. The Labute approximate surface area is 123 Å². The summed E-state index contributed by atoms with van der Waals surface area (Å²) in [4.78, 5) is 0. The van der Waals surface area contributed by atoms with Crippen LogP contribution in [0.3, 0.4) is 0 Å². The minimum Gasteiger partial charge on any atom is -0.377 e. The molecule has 3 nitrogen and oxygen atoms in total. The predicted octanol–water partition coefficient (Wildman–Crippen LogP) is 4.28. The van der Waals surface area contributed by atoms with Crippen molar-refractivity contribution in [2.75, 3.05) is 5.32 Å². The van der Waals surface area contributed by atoms with Gasteiger partial charge in [-0.2, -0.15) is 10.5 Å². The van der Waals surface area contributed by atoms with E-state index >= 15 is 0 Å². The average Bonchev–Trinajstić information content (AvgIpc) is 2.48. The van der Waals surface area contributed by atoms with Crippen LogP contribution < -0.4 is 5.32 Å². The van der Waals surface area contributed by atoms with Crippen molar-refractivity contribution in [1.29, 1.82) is 10.5 Å². The first kappa shape index (κ1) is 13.9. The van der Waals surface area contributed by atoms with Crippen LogP contribution in [0.15, 0.2) is 48.5 Å². The number of rotatable bonds is 4. The summed E-state index contributed by atoms with van der Waals surface area (Å²) in [6.07, 6.45) is 0.349. The standard InChI is InChI=1S/C16H12ClN3/c17-15-10-14(7-6-13(15)11-19)20-16(8-9-18)12-4-2-1-3-5-12/h1-7,10,16,20H,8H2. The van der Waals surface area contributed by atoms with Gasteiger partial charge in [-0.3, -0.25) is 0 Å². The lowest BCUT2D eigenvalue weighted by molar-refractivity contribution is 0.806. The zero-order valence-electron chi connectivity index (χ0n) is 10.7. The number of hydrogen-bond acceptors (Lipinski definition) is 3. The molecule has 0 fully saturated rings. The summed E-state index contributed by atoms with van der Waals surface area (Å²) in [5.74, 6) is 0. The molecule has 1 unspecified atom stereocenters. The topological polar surface area (TPSA) is 59.6 Å². The van der Waals surface area contributed by atoms with Crippen LogP contribution in [0.25, 0.3) is 0 Å². The Hall–Kier alpha value is -2.49. The summed E-state index contributed by atoms with van der Waals surface area (Å²) in [6.45, 7) is 0. The fourth-order valence-electron chi connectivity index (χ4n) is 1.93. The number of nitriles is 2. The van der Waals surface area contributed by atoms with Crippen LogP contribution >= 0.6 is 11.6 Å². The summed E-state index contributed by atoms with van der Waals surface area (Å²) >= 11 is 6.01. The van der Waals surface area contributed by atoms with Crippen molar-refractivity contribution in [3.8, 4) is 12.1 Å². The second-order valence-electron chi connectivity index (χ2n) is 4.28. The van der Waals surface area contributed by atoms with Crippen molar-refractivity contribution in [2.24, 2.45) is 0 Å². The van der Waals surface area contributed by atoms with E-state index in [0.29, 0.717) is 17.0 Å². The normalized spacial score (nSPS) is 11.2. The van der Waals surface area contributed by atoms with Crippen molar-refractivity contribution in [2.45, 2.75) is 12.5 Å². The molecule has 0 bridgehead atoms. The molecule has 1 N–H and O–H groups in total. The molecule has 0 spiro atoms. The highest BCUT2D eigenvalue weighted by Gasteiger charge is 2.11. The van der Waals surface area contributed by atoms with Gasteiger partial charge in [0.2, 0.25) is 0 Å². The third-order valence-electron chi connectivity index (χ3n) is 2.93. The zero-order chi connectivity index (χ0) is 14.4. The Morgan fingerprint density at radius 2 is 1.85 bits per heavy atom. The minimum absolute atomic E-state index is 0.106. The van der Waals surface area contributed by atoms with Gasteiger partial charge in [-0.05, 0) is 23.8 Å². The first-order valence-electron chi connectivity index (χ1n) is 6.12. The van der Waals surface area contributed by atoms with Gasteiger partial charge in [0, 0.05) is 5.69 Å². The number of anilines is 1. The van der Waals surface area contributed by atoms with Crippen LogP contribution in [0.1, 0.15) is 23.6 Å². The van der Waals surface area contributed by atoms with Crippen LogP contribution in [0.4, 0.5) is 5.69 Å². The molecule has 1 atom stereocenters. The monoisotopic (exact) mass is 281 g/mol. The fraction of sp³-hybridized carbons (Fsp3) is 0.125. The molecule has 0 radical (unpaired) electrons. The van der Waals surface area contributed by atoms with E-state index in [9.17, 15) is 0 Å². The summed E-state index contributed by atoms with van der Waals surface area (Å²) in [5.41, 5.74) is 2.27. The molecule has 0 aromatic heterocycles. The lowest BCUT2D eigenvalue weighted by atomic mass is 10.0. The van der Waals surface area contributed by atoms with E-state index in [1.807, 2.05) is 36.4 Å². The van der Waals surface area contributed by atoms with E-state index in [2.05, 4.69) is 11.4 Å². The van der Waals surface area contributed by atoms with Crippen molar-refractivity contribution in [3.05, 3.63) is 64.7 Å². The van der Waals surface area contributed by atoms with Crippen LogP contribution in [-0.4, -0.2) is 0 Å². The Kier molecular flexibility index (Phi) is 4.60. The van der Waals surface area contributed by atoms with Gasteiger partial charge >= 0.3 is 0 Å². The highest BCUT2D eigenvalue weighted by Crippen LogP contribution is 2.25. The molecular weight excluding hydrogens is 270 g/mol. The molecule has 0 heterocycles. The molecule has 98 valence electrons. The first-order chi connectivity index (χ1) is 9.74. The Morgan fingerprint density at radius 3 is 2.45 bits per heavy atom. The highest BCUT2D eigenvalue weighted by molar-refractivity contribution is 6.32. The van der Waals surface area contributed by atoms with Crippen molar-refractivity contribution in [3.63, 3.8) is 0 Å². The zero-order valence-corrected chi connectivity index (χ0v) is 11.4. The second kappa shape index (κ2) is 6.61. The maximum Gasteiger partial charge on any atom is 0.101 e. The van der Waals surface area contributed by atoms with Gasteiger partial charge in [0.25, 0.3) is 0 Å². The van der Waals surface area contributed by atoms with E-state index in [0.717, 1.165) is 11.3 Å². The van der Waals surface area contributed by atoms with Crippen molar-refractivity contribution in [1.82, 2.24) is 0 Å². The van der Waals surface area contributed by atoms with E-state index in [4.69, 9.17) is 22.1 Å². The number of benzene rings is 2. The predicted molar refractivity (Wildman–Crippen MR) is 79.2 cm³/mol. The molecule has 0 aliphatic carbocycles. The molecule has 0 saturated carbocycles. The Morgan fingerprint density at radius 1 is 1.10 bits per heavy atom. The molecule has 0 amide bonds. The van der Waals surface area contributed by atoms with E-state index in [1.54, 1.807) is 18.2 Å². The van der Waals surface area contributed by atoms with Gasteiger partial charge < -0.3 is 5.32 Å². The molecule has 2 aromatic rings. The van der Waals surface area contributed by atoms with Crippen LogP contribution in [0, 0.1) is 22.7 Å². The summed E-state index contributed by atoms with van der Waals surface area (Å²) in [5, 5.41) is 21.5. The van der Waals surface area contributed by atoms with E-state index in [1.165, 1.54) is 0 Å². The smallest absolute Gasteiger partial charge is 0.101 e. The van der Waals surface area contributed by atoms with Gasteiger partial charge in [0.15, 0.2) is 0 Å². The van der Waals surface area contributed by atoms with Crippen LogP contribution in [0.5, 0.6) is 0 Å². The molecule has 4 heteroatoms. The van der Waals surface area contributed by atoms with E-state index < -0.39 is 0 Å². The largest absolute Gasteiger partial charge is 0.377 e. The van der Waals surface area contributed by atoms with Crippen LogP contribution in [-0.2, 0) is 0 Å². The number of hydrogen-bond donors (Lipinski definition) is 1. The first-order valence-corrected chi connectivity index (χ1v) is 6.50. The molecule has 0 aliphatic heterocycles. The second-order valence-corrected chi connectivity index (χ2v) is 4.68. The number of nitrogens with zero attached hydrogens (tertiary/aromatic N) is 2. The SMILES string of the molecule is N#CCC(Nc1ccc(C#N)c(Cl)c1)c1ccccc1. The van der Waals surface area contributed by atoms with Crippen molar-refractivity contribution >= 4 is 17.3 Å². The van der Waals surface area contributed by atoms with E-state index in [-0.39, 0.29) is 6.04 Å². The third kappa shape index (κ3) is 3.29. The van der Waals surface area contributed by atoms with Gasteiger partial charge in [0.05, 0.1) is 29.1 Å². The number of nitrogens with one attached hydrogen (secondary N) is 1. The molecular formula is C16H12ClN3. The lowest BCUT2D eigenvalue weighted by Gasteiger charge is -2.18. The van der Waals surface area contributed by atoms with Crippen LogP contribution in [0.2, 0.25) is 5.02 Å². The molecule has 2 rings (SSSR count).